The van der Waals surface area contributed by atoms with Crippen LogP contribution in [0.4, 0.5) is 5.69 Å². The van der Waals surface area contributed by atoms with E-state index >= 15 is 0 Å². The van der Waals surface area contributed by atoms with Crippen molar-refractivity contribution in [3.05, 3.63) is 29.8 Å². The zero-order valence-electron chi connectivity index (χ0n) is 12.5. The summed E-state index contributed by atoms with van der Waals surface area (Å²) in [5.74, 6) is -0.894. The number of nitrogens with one attached hydrogen (secondary N) is 1. The molecule has 0 radical (unpaired) electrons. The van der Waals surface area contributed by atoms with E-state index in [1.165, 1.54) is 31.2 Å². The molecule has 24 heavy (non-hydrogen) atoms. The number of ketones is 1. The maximum absolute atomic E-state index is 11.4. The summed E-state index contributed by atoms with van der Waals surface area (Å²) in [5, 5.41) is 8.67. The maximum atomic E-state index is 11.4. The van der Waals surface area contributed by atoms with Gasteiger partial charge in [0, 0.05) is 12.1 Å². The lowest BCUT2D eigenvalue weighted by atomic mass is 10.1. The van der Waals surface area contributed by atoms with Crippen LogP contribution in [0.2, 0.25) is 0 Å². The van der Waals surface area contributed by atoms with Crippen LogP contribution in [0.5, 0.6) is 0 Å². The van der Waals surface area contributed by atoms with Gasteiger partial charge in [-0.2, -0.15) is 0 Å². The van der Waals surface area contributed by atoms with Gasteiger partial charge in [-0.05, 0) is 24.6 Å². The molecule has 0 unspecified atom stereocenters. The van der Waals surface area contributed by atoms with E-state index in [1.807, 2.05) is 0 Å². The number of carbonyl (C=O) groups excluding carboxylic acids is 2. The Morgan fingerprint density at radius 2 is 1.50 bits per heavy atom. The summed E-state index contributed by atoms with van der Waals surface area (Å²) in [4.78, 5) is 58.5. The van der Waals surface area contributed by atoms with Crippen LogP contribution in [0.3, 0.4) is 0 Å². The van der Waals surface area contributed by atoms with Gasteiger partial charge in [-0.1, -0.05) is 12.1 Å². The molecule has 0 aromatic heterocycles. The molecule has 0 atom stereocenters. The molecule has 0 bridgehead atoms. The van der Waals surface area contributed by atoms with Crippen LogP contribution in [0, 0.1) is 0 Å². The van der Waals surface area contributed by atoms with Crippen LogP contribution >= 0.6 is 15.2 Å². The Balaban J connectivity index is 2.97. The van der Waals surface area contributed by atoms with E-state index in [0.717, 1.165) is 0 Å². The molecule has 0 saturated carbocycles. The van der Waals surface area contributed by atoms with Crippen LogP contribution in [0.15, 0.2) is 24.3 Å². The van der Waals surface area contributed by atoms with Gasteiger partial charge in [0.1, 0.15) is 5.78 Å². The monoisotopic (exact) mass is 381 g/mol. The molecule has 0 saturated heterocycles. The number of Topliss-reactive ketones (excluding diaryl/α,β-unsaturated/α-hetero) is 1. The Bertz CT molecular complexity index is 697. The van der Waals surface area contributed by atoms with Crippen molar-refractivity contribution in [1.82, 2.24) is 0 Å². The van der Waals surface area contributed by atoms with Crippen molar-refractivity contribution in [2.45, 2.75) is 24.8 Å². The minimum atomic E-state index is -5.54. The highest BCUT2D eigenvalue weighted by Gasteiger charge is 2.59. The minimum absolute atomic E-state index is 0.0220. The van der Waals surface area contributed by atoms with E-state index in [1.54, 1.807) is 0 Å². The Labute approximate surface area is 136 Å². The van der Waals surface area contributed by atoms with E-state index in [9.17, 15) is 23.8 Å². The number of hydrogen-bond acceptors (Lipinski definition) is 5. The highest BCUT2D eigenvalue weighted by molar-refractivity contribution is 7.72. The van der Waals surface area contributed by atoms with Gasteiger partial charge < -0.3 is 30.0 Å². The van der Waals surface area contributed by atoms with E-state index in [2.05, 4.69) is 5.32 Å². The number of rotatable bonds is 7. The quantitative estimate of drug-likeness (QED) is 0.283. The third kappa shape index (κ3) is 5.06. The molecule has 10 nitrogen and oxygen atoms in total. The van der Waals surface area contributed by atoms with Gasteiger partial charge in [0.15, 0.2) is 0 Å². The van der Waals surface area contributed by atoms with Gasteiger partial charge in [-0.25, -0.2) is 0 Å². The van der Waals surface area contributed by atoms with E-state index in [-0.39, 0.29) is 23.5 Å². The maximum Gasteiger partial charge on any atom is 0.369 e. The molecule has 0 aliphatic rings. The summed E-state index contributed by atoms with van der Waals surface area (Å²) in [6.45, 7) is 1.24. The topological polar surface area (TPSA) is 181 Å². The lowest BCUT2D eigenvalue weighted by molar-refractivity contribution is -0.124. The molecule has 1 amide bonds. The lowest BCUT2D eigenvalue weighted by Gasteiger charge is -2.29. The SMILES string of the molecule is CC(=O)CC(=O)Nc1ccc(CC(O)(P(=O)(O)O)P(=O)(O)O)cc1. The highest BCUT2D eigenvalue weighted by atomic mass is 31.2. The molecule has 6 N–H and O–H groups in total. The first kappa shape index (κ1) is 20.7. The summed E-state index contributed by atoms with van der Waals surface area (Å²) >= 11 is 0. The number of amides is 1. The van der Waals surface area contributed by atoms with Crippen molar-refractivity contribution < 1.29 is 43.4 Å². The molecule has 0 aliphatic carbocycles. The lowest BCUT2D eigenvalue weighted by Crippen LogP contribution is -2.31. The Kier molecular flexibility index (Phi) is 6.24. The second-order valence-electron chi connectivity index (χ2n) is 5.16. The number of aliphatic hydroxyl groups is 1. The van der Waals surface area contributed by atoms with Gasteiger partial charge >= 0.3 is 15.2 Å². The Morgan fingerprint density at radius 3 is 1.88 bits per heavy atom. The van der Waals surface area contributed by atoms with Crippen LogP contribution in [-0.2, 0) is 25.1 Å². The minimum Gasteiger partial charge on any atom is -0.367 e. The smallest absolute Gasteiger partial charge is 0.367 e. The predicted molar refractivity (Wildman–Crippen MR) is 83.1 cm³/mol. The molecular weight excluding hydrogens is 364 g/mol. The summed E-state index contributed by atoms with van der Waals surface area (Å²) in [5.41, 5.74) is 0.287. The first-order chi connectivity index (χ1) is 10.8. The second-order valence-corrected chi connectivity index (χ2v) is 9.17. The summed E-state index contributed by atoms with van der Waals surface area (Å²) in [6, 6.07) is 5.04. The second kappa shape index (κ2) is 7.25. The molecule has 1 aromatic rings. The molecule has 0 aliphatic heterocycles. The zero-order chi connectivity index (χ0) is 18.8. The van der Waals surface area contributed by atoms with Crippen LogP contribution in [0.1, 0.15) is 18.9 Å². The first-order valence-electron chi connectivity index (χ1n) is 6.48. The van der Waals surface area contributed by atoms with Gasteiger partial charge in [0.25, 0.3) is 5.08 Å². The third-order valence-electron chi connectivity index (χ3n) is 3.02. The zero-order valence-corrected chi connectivity index (χ0v) is 14.3. The summed E-state index contributed by atoms with van der Waals surface area (Å²) in [6.07, 6.45) is -1.32. The van der Waals surface area contributed by atoms with Crippen LogP contribution in [0.25, 0.3) is 0 Å². The Morgan fingerprint density at radius 1 is 1.04 bits per heavy atom. The number of hydrogen-bond donors (Lipinski definition) is 6. The fourth-order valence-electron chi connectivity index (χ4n) is 1.79. The predicted octanol–water partition coefficient (Wildman–Crippen LogP) is 0.148. The first-order valence-corrected chi connectivity index (χ1v) is 9.70. The molecule has 12 heteroatoms. The number of benzene rings is 1. The van der Waals surface area contributed by atoms with Crippen LogP contribution in [-0.4, -0.2) is 41.5 Å². The molecule has 1 aromatic carbocycles. The average Bonchev–Trinajstić information content (AvgIpc) is 2.37. The standard InChI is InChI=1S/C12H17NO9P2/c1-8(14)6-11(15)13-10-4-2-9(3-5-10)7-12(16,23(17,18)19)24(20,21)22/h2-5,16H,6-7H2,1H3,(H,13,15)(H2,17,18,19)(H2,20,21,22). The van der Waals surface area contributed by atoms with Crippen LogP contribution < -0.4 is 5.32 Å². The summed E-state index contributed by atoms with van der Waals surface area (Å²) in [7, 11) is -11.1. The van der Waals surface area contributed by atoms with Gasteiger partial charge in [-0.3, -0.25) is 18.7 Å². The molecule has 0 heterocycles. The third-order valence-corrected chi connectivity index (χ3v) is 6.77. The molecular formula is C12H17NO9P2. The van der Waals surface area contributed by atoms with E-state index in [4.69, 9.17) is 19.6 Å². The largest absolute Gasteiger partial charge is 0.369 e. The normalized spacial score (nSPS) is 12.8. The molecule has 0 fully saturated rings. The van der Waals surface area contributed by atoms with Gasteiger partial charge in [0.05, 0.1) is 6.42 Å². The highest BCUT2D eigenvalue weighted by Crippen LogP contribution is 2.68. The fourth-order valence-corrected chi connectivity index (χ4v) is 3.92. The van der Waals surface area contributed by atoms with Crippen molar-refractivity contribution in [2.24, 2.45) is 0 Å². The molecule has 1 rings (SSSR count). The van der Waals surface area contributed by atoms with E-state index in [0.29, 0.717) is 0 Å². The summed E-state index contributed by atoms with van der Waals surface area (Å²) < 4.78 is 22.6. The molecule has 134 valence electrons. The van der Waals surface area contributed by atoms with Crippen molar-refractivity contribution in [1.29, 1.82) is 0 Å². The van der Waals surface area contributed by atoms with Gasteiger partial charge in [0.2, 0.25) is 5.91 Å². The molecule has 0 spiro atoms. The van der Waals surface area contributed by atoms with Crippen molar-refractivity contribution >= 4 is 32.6 Å². The fraction of sp³-hybridized carbons (Fsp3) is 0.333. The van der Waals surface area contributed by atoms with Gasteiger partial charge in [-0.15, -0.1) is 0 Å². The van der Waals surface area contributed by atoms with Crippen molar-refractivity contribution in [3.63, 3.8) is 0 Å². The number of carbonyl (C=O) groups is 2. The van der Waals surface area contributed by atoms with Crippen molar-refractivity contribution in [2.75, 3.05) is 5.32 Å². The average molecular weight is 381 g/mol. The Hall–Kier alpha value is -1.38. The number of anilines is 1. The van der Waals surface area contributed by atoms with E-state index < -0.39 is 32.6 Å². The van der Waals surface area contributed by atoms with Crippen molar-refractivity contribution in [3.8, 4) is 0 Å².